The summed E-state index contributed by atoms with van der Waals surface area (Å²) in [6.07, 6.45) is 1.84. The van der Waals surface area contributed by atoms with E-state index >= 15 is 0 Å². The Hall–Kier alpha value is -2.07. The van der Waals surface area contributed by atoms with Gasteiger partial charge in [-0.05, 0) is 36.4 Å². The second kappa shape index (κ2) is 6.14. The number of likely N-dealkylation sites (N-methyl/N-ethyl adjacent to an activating group) is 1. The molecule has 1 aromatic heterocycles. The maximum Gasteiger partial charge on any atom is 0.231 e. The van der Waals surface area contributed by atoms with E-state index in [2.05, 4.69) is 42.3 Å². The number of fused-ring (bicyclic) bond motifs is 1. The molecule has 1 aliphatic rings. The molecule has 2 aromatic rings. The van der Waals surface area contributed by atoms with Crippen molar-refractivity contribution < 1.29 is 9.47 Å². The summed E-state index contributed by atoms with van der Waals surface area (Å²) in [6, 6.07) is 12.4. The van der Waals surface area contributed by atoms with Crippen LogP contribution in [-0.2, 0) is 0 Å². The molecule has 1 aliphatic heterocycles. The number of ether oxygens (including phenoxy) is 2. The summed E-state index contributed by atoms with van der Waals surface area (Å²) in [4.78, 5) is 4.48. The lowest BCUT2D eigenvalue weighted by molar-refractivity contribution is 0.174. The fourth-order valence-electron chi connectivity index (χ4n) is 2.73. The number of aromatic nitrogens is 1. The van der Waals surface area contributed by atoms with Gasteiger partial charge in [0.2, 0.25) is 6.79 Å². The zero-order chi connectivity index (χ0) is 14.7. The first-order valence-corrected chi connectivity index (χ1v) is 7.33. The van der Waals surface area contributed by atoms with Crippen LogP contribution >= 0.6 is 0 Å². The van der Waals surface area contributed by atoms with Gasteiger partial charge in [-0.3, -0.25) is 4.98 Å². The molecule has 1 aromatic carbocycles. The van der Waals surface area contributed by atoms with Gasteiger partial charge < -0.3 is 14.8 Å². The molecule has 0 saturated carbocycles. The predicted molar refractivity (Wildman–Crippen MR) is 81.6 cm³/mol. The minimum absolute atomic E-state index is 0.194. The first-order chi connectivity index (χ1) is 10.3. The van der Waals surface area contributed by atoms with Gasteiger partial charge in [0.05, 0.1) is 0 Å². The fraction of sp³-hybridized carbons (Fsp3) is 0.353. The highest BCUT2D eigenvalue weighted by atomic mass is 16.7. The molecule has 21 heavy (non-hydrogen) atoms. The molecule has 0 fully saturated rings. The third kappa shape index (κ3) is 2.85. The predicted octanol–water partition coefficient (Wildman–Crippen LogP) is 3.26. The SMILES string of the molecule is CCNC(c1ccc2c(c1)OCO2)C(C)c1ccccn1. The Morgan fingerprint density at radius 1 is 1.19 bits per heavy atom. The number of hydrogen-bond acceptors (Lipinski definition) is 4. The van der Waals surface area contributed by atoms with Crippen molar-refractivity contribution in [3.05, 3.63) is 53.9 Å². The Morgan fingerprint density at radius 3 is 2.81 bits per heavy atom. The molecule has 3 rings (SSSR count). The van der Waals surface area contributed by atoms with Crippen LogP contribution in [0.2, 0.25) is 0 Å². The summed E-state index contributed by atoms with van der Waals surface area (Å²) in [5.74, 6) is 1.91. The van der Waals surface area contributed by atoms with E-state index in [1.807, 2.05) is 24.4 Å². The van der Waals surface area contributed by atoms with E-state index in [-0.39, 0.29) is 12.0 Å². The molecule has 2 heterocycles. The molecule has 0 saturated heterocycles. The van der Waals surface area contributed by atoms with E-state index in [0.29, 0.717) is 6.79 Å². The van der Waals surface area contributed by atoms with Crippen molar-refractivity contribution in [3.63, 3.8) is 0 Å². The second-order valence-electron chi connectivity index (χ2n) is 5.19. The minimum Gasteiger partial charge on any atom is -0.454 e. The summed E-state index contributed by atoms with van der Waals surface area (Å²) >= 11 is 0. The highest BCUT2D eigenvalue weighted by Crippen LogP contribution is 2.37. The Kier molecular flexibility index (Phi) is 4.06. The lowest BCUT2D eigenvalue weighted by atomic mass is 9.91. The zero-order valence-electron chi connectivity index (χ0n) is 12.4. The topological polar surface area (TPSA) is 43.4 Å². The highest BCUT2D eigenvalue weighted by Gasteiger charge is 2.23. The Balaban J connectivity index is 1.90. The minimum atomic E-state index is 0.194. The van der Waals surface area contributed by atoms with E-state index in [1.165, 1.54) is 5.56 Å². The summed E-state index contributed by atoms with van der Waals surface area (Å²) in [5, 5.41) is 3.55. The van der Waals surface area contributed by atoms with Gasteiger partial charge in [-0.15, -0.1) is 0 Å². The number of nitrogens with zero attached hydrogens (tertiary/aromatic N) is 1. The van der Waals surface area contributed by atoms with E-state index in [0.717, 1.165) is 23.7 Å². The van der Waals surface area contributed by atoms with Gasteiger partial charge in [0.25, 0.3) is 0 Å². The van der Waals surface area contributed by atoms with Crippen LogP contribution in [0.3, 0.4) is 0 Å². The van der Waals surface area contributed by atoms with Gasteiger partial charge in [0.15, 0.2) is 11.5 Å². The molecule has 2 unspecified atom stereocenters. The molecule has 4 nitrogen and oxygen atoms in total. The fourth-order valence-corrected chi connectivity index (χ4v) is 2.73. The van der Waals surface area contributed by atoms with E-state index in [1.54, 1.807) is 0 Å². The average molecular weight is 284 g/mol. The largest absolute Gasteiger partial charge is 0.454 e. The lowest BCUT2D eigenvalue weighted by Gasteiger charge is -2.25. The van der Waals surface area contributed by atoms with Crippen LogP contribution in [0.1, 0.15) is 37.1 Å². The van der Waals surface area contributed by atoms with Crippen molar-refractivity contribution in [2.45, 2.75) is 25.8 Å². The Labute approximate surface area is 125 Å². The van der Waals surface area contributed by atoms with Crippen LogP contribution in [0, 0.1) is 0 Å². The summed E-state index contributed by atoms with van der Waals surface area (Å²) in [7, 11) is 0. The van der Waals surface area contributed by atoms with Crippen LogP contribution < -0.4 is 14.8 Å². The monoisotopic (exact) mass is 284 g/mol. The summed E-state index contributed by atoms with van der Waals surface area (Å²) in [5.41, 5.74) is 2.28. The van der Waals surface area contributed by atoms with Crippen molar-refractivity contribution in [1.82, 2.24) is 10.3 Å². The van der Waals surface area contributed by atoms with Crippen molar-refractivity contribution >= 4 is 0 Å². The van der Waals surface area contributed by atoms with Crippen molar-refractivity contribution in [3.8, 4) is 11.5 Å². The van der Waals surface area contributed by atoms with Crippen molar-refractivity contribution in [1.29, 1.82) is 0 Å². The van der Waals surface area contributed by atoms with E-state index < -0.39 is 0 Å². The standard InChI is InChI=1S/C17H20N2O2/c1-3-18-17(12(2)14-6-4-5-9-19-14)13-7-8-15-16(10-13)21-11-20-15/h4-10,12,17-18H,3,11H2,1-2H3. The Bertz CT molecular complexity index is 601. The normalized spacial score (nSPS) is 15.7. The van der Waals surface area contributed by atoms with Crippen LogP contribution in [0.5, 0.6) is 11.5 Å². The molecule has 110 valence electrons. The van der Waals surface area contributed by atoms with Gasteiger partial charge >= 0.3 is 0 Å². The molecule has 0 radical (unpaired) electrons. The molecule has 2 atom stereocenters. The van der Waals surface area contributed by atoms with E-state index in [4.69, 9.17) is 9.47 Å². The lowest BCUT2D eigenvalue weighted by Crippen LogP contribution is -2.26. The van der Waals surface area contributed by atoms with Crippen molar-refractivity contribution in [2.24, 2.45) is 0 Å². The summed E-state index contributed by atoms with van der Waals surface area (Å²) in [6.45, 7) is 5.52. The Morgan fingerprint density at radius 2 is 2.05 bits per heavy atom. The number of rotatable bonds is 5. The van der Waals surface area contributed by atoms with Crippen molar-refractivity contribution in [2.75, 3.05) is 13.3 Å². The van der Waals surface area contributed by atoms with Crippen LogP contribution in [0.4, 0.5) is 0 Å². The molecule has 0 bridgehead atoms. The third-order valence-electron chi connectivity index (χ3n) is 3.83. The molecule has 1 N–H and O–H groups in total. The molecule has 4 heteroatoms. The number of pyridine rings is 1. The summed E-state index contributed by atoms with van der Waals surface area (Å²) < 4.78 is 10.9. The number of benzene rings is 1. The van der Waals surface area contributed by atoms with E-state index in [9.17, 15) is 0 Å². The van der Waals surface area contributed by atoms with Crippen LogP contribution in [0.25, 0.3) is 0 Å². The smallest absolute Gasteiger partial charge is 0.231 e. The first kappa shape index (κ1) is 13.9. The van der Waals surface area contributed by atoms with Gasteiger partial charge in [-0.2, -0.15) is 0 Å². The first-order valence-electron chi connectivity index (χ1n) is 7.33. The quantitative estimate of drug-likeness (QED) is 0.915. The highest BCUT2D eigenvalue weighted by molar-refractivity contribution is 5.45. The molecule has 0 amide bonds. The number of hydrogen-bond donors (Lipinski definition) is 1. The third-order valence-corrected chi connectivity index (χ3v) is 3.83. The van der Waals surface area contributed by atoms with Crippen LogP contribution in [0.15, 0.2) is 42.6 Å². The molecule has 0 aliphatic carbocycles. The zero-order valence-corrected chi connectivity index (χ0v) is 12.4. The molecular formula is C17H20N2O2. The molecular weight excluding hydrogens is 264 g/mol. The van der Waals surface area contributed by atoms with Gasteiger partial charge in [0, 0.05) is 23.9 Å². The van der Waals surface area contributed by atoms with Gasteiger partial charge in [-0.25, -0.2) is 0 Å². The molecule has 0 spiro atoms. The average Bonchev–Trinajstić information content (AvgIpc) is 3.00. The van der Waals surface area contributed by atoms with Gasteiger partial charge in [0.1, 0.15) is 0 Å². The van der Waals surface area contributed by atoms with Crippen LogP contribution in [-0.4, -0.2) is 18.3 Å². The maximum absolute atomic E-state index is 5.49. The second-order valence-corrected chi connectivity index (χ2v) is 5.19. The maximum atomic E-state index is 5.49. The number of nitrogens with one attached hydrogen (secondary N) is 1. The van der Waals surface area contributed by atoms with Gasteiger partial charge in [-0.1, -0.05) is 26.0 Å².